The van der Waals surface area contributed by atoms with E-state index in [1.54, 1.807) is 17.4 Å². The third-order valence-electron chi connectivity index (χ3n) is 2.10. The van der Waals surface area contributed by atoms with Gasteiger partial charge in [-0.3, -0.25) is 0 Å². The number of nitriles is 1. The second-order valence-electron chi connectivity index (χ2n) is 2.86. The van der Waals surface area contributed by atoms with Crippen LogP contribution in [0.25, 0.3) is 10.1 Å². The SMILES string of the molecule is N#Cc1cc2ccsc2c(S)c1CO. The van der Waals surface area contributed by atoms with Crippen LogP contribution in [0.4, 0.5) is 0 Å². The first kappa shape index (κ1) is 9.53. The van der Waals surface area contributed by atoms with Crippen LogP contribution in [0, 0.1) is 11.3 Å². The molecule has 0 aliphatic heterocycles. The van der Waals surface area contributed by atoms with Crippen LogP contribution in [0.2, 0.25) is 0 Å². The van der Waals surface area contributed by atoms with Gasteiger partial charge >= 0.3 is 0 Å². The molecule has 2 aromatic rings. The molecule has 0 saturated heterocycles. The van der Waals surface area contributed by atoms with E-state index in [2.05, 4.69) is 18.7 Å². The molecule has 0 amide bonds. The van der Waals surface area contributed by atoms with E-state index in [-0.39, 0.29) is 6.61 Å². The van der Waals surface area contributed by atoms with E-state index in [0.717, 1.165) is 15.0 Å². The number of nitrogens with zero attached hydrogens (tertiary/aromatic N) is 1. The van der Waals surface area contributed by atoms with Crippen molar-refractivity contribution in [3.05, 3.63) is 28.6 Å². The maximum absolute atomic E-state index is 9.13. The van der Waals surface area contributed by atoms with Crippen LogP contribution in [0.5, 0.6) is 0 Å². The van der Waals surface area contributed by atoms with Crippen molar-refractivity contribution in [1.29, 1.82) is 5.26 Å². The van der Waals surface area contributed by atoms with Gasteiger partial charge in [-0.25, -0.2) is 0 Å². The molecule has 4 heteroatoms. The topological polar surface area (TPSA) is 44.0 Å². The van der Waals surface area contributed by atoms with Gasteiger partial charge in [0.1, 0.15) is 0 Å². The molecule has 2 nitrogen and oxygen atoms in total. The quantitative estimate of drug-likeness (QED) is 0.727. The second-order valence-corrected chi connectivity index (χ2v) is 4.22. The molecule has 0 unspecified atom stereocenters. The van der Waals surface area contributed by atoms with Crippen molar-refractivity contribution in [2.45, 2.75) is 11.5 Å². The molecule has 1 heterocycles. The first-order valence-electron chi connectivity index (χ1n) is 4.01. The Morgan fingerprint density at radius 3 is 3.00 bits per heavy atom. The average molecular weight is 221 g/mol. The highest BCUT2D eigenvalue weighted by Gasteiger charge is 2.10. The van der Waals surface area contributed by atoms with E-state index < -0.39 is 0 Å². The first-order valence-corrected chi connectivity index (χ1v) is 5.33. The highest BCUT2D eigenvalue weighted by Crippen LogP contribution is 2.32. The monoisotopic (exact) mass is 221 g/mol. The van der Waals surface area contributed by atoms with Gasteiger partial charge in [0.05, 0.1) is 18.2 Å². The lowest BCUT2D eigenvalue weighted by atomic mass is 10.1. The van der Waals surface area contributed by atoms with E-state index in [9.17, 15) is 0 Å². The van der Waals surface area contributed by atoms with Gasteiger partial charge in [-0.15, -0.1) is 24.0 Å². The summed E-state index contributed by atoms with van der Waals surface area (Å²) >= 11 is 5.90. The summed E-state index contributed by atoms with van der Waals surface area (Å²) in [4.78, 5) is 0.719. The van der Waals surface area contributed by atoms with Crippen molar-refractivity contribution in [3.8, 4) is 6.07 Å². The van der Waals surface area contributed by atoms with Crippen molar-refractivity contribution >= 4 is 34.1 Å². The fourth-order valence-corrected chi connectivity index (χ4v) is 2.72. The van der Waals surface area contributed by atoms with Crippen LogP contribution in [0.1, 0.15) is 11.1 Å². The summed E-state index contributed by atoms with van der Waals surface area (Å²) < 4.78 is 1.02. The molecule has 0 saturated carbocycles. The van der Waals surface area contributed by atoms with Crippen molar-refractivity contribution in [2.24, 2.45) is 0 Å². The highest BCUT2D eigenvalue weighted by molar-refractivity contribution is 7.80. The maximum atomic E-state index is 9.13. The van der Waals surface area contributed by atoms with E-state index in [0.29, 0.717) is 11.1 Å². The number of fused-ring (bicyclic) bond motifs is 1. The Hall–Kier alpha value is -1.02. The summed E-state index contributed by atoms with van der Waals surface area (Å²) in [6, 6.07) is 5.80. The Bertz CT molecular complexity index is 525. The molecule has 70 valence electrons. The van der Waals surface area contributed by atoms with Crippen molar-refractivity contribution in [2.75, 3.05) is 0 Å². The number of aliphatic hydroxyl groups is 1. The van der Waals surface area contributed by atoms with Gasteiger partial charge < -0.3 is 5.11 Å². The fraction of sp³-hybridized carbons (Fsp3) is 0.100. The number of benzene rings is 1. The Morgan fingerprint density at radius 2 is 2.36 bits per heavy atom. The molecule has 2 rings (SSSR count). The smallest absolute Gasteiger partial charge is 0.0996 e. The van der Waals surface area contributed by atoms with Crippen LogP contribution in [0.3, 0.4) is 0 Å². The van der Waals surface area contributed by atoms with E-state index in [4.69, 9.17) is 10.4 Å². The molecule has 1 aromatic heterocycles. The van der Waals surface area contributed by atoms with E-state index >= 15 is 0 Å². The molecule has 0 aliphatic carbocycles. The van der Waals surface area contributed by atoms with Gasteiger partial charge in [-0.2, -0.15) is 5.26 Å². The number of aliphatic hydroxyl groups excluding tert-OH is 1. The molecule has 1 aromatic carbocycles. The molecule has 0 fully saturated rings. The normalized spacial score (nSPS) is 10.4. The molecule has 0 radical (unpaired) electrons. The largest absolute Gasteiger partial charge is 0.392 e. The van der Waals surface area contributed by atoms with Crippen LogP contribution in [-0.4, -0.2) is 5.11 Å². The Labute approximate surface area is 90.8 Å². The number of hydrogen-bond donors (Lipinski definition) is 2. The molecular weight excluding hydrogens is 214 g/mol. The number of thiol groups is 1. The number of thiophene rings is 1. The zero-order chi connectivity index (χ0) is 10.1. The Balaban J connectivity index is 2.87. The predicted molar refractivity (Wildman–Crippen MR) is 59.7 cm³/mol. The minimum Gasteiger partial charge on any atom is -0.392 e. The zero-order valence-corrected chi connectivity index (χ0v) is 8.90. The minimum atomic E-state index is -0.143. The maximum Gasteiger partial charge on any atom is 0.0996 e. The van der Waals surface area contributed by atoms with Gasteiger partial charge in [-0.1, -0.05) is 0 Å². The zero-order valence-electron chi connectivity index (χ0n) is 7.19. The summed E-state index contributed by atoms with van der Waals surface area (Å²) in [5, 5.41) is 21.0. The lowest BCUT2D eigenvalue weighted by molar-refractivity contribution is 0.279. The Morgan fingerprint density at radius 1 is 1.57 bits per heavy atom. The first-order chi connectivity index (χ1) is 6.77. The standard InChI is InChI=1S/C10H7NOS2/c11-4-7-3-6-1-2-14-10(6)9(13)8(7)5-12/h1-3,12-13H,5H2. The van der Waals surface area contributed by atoms with Gasteiger partial charge in [0.25, 0.3) is 0 Å². The van der Waals surface area contributed by atoms with Crippen LogP contribution in [-0.2, 0) is 6.61 Å². The molecule has 0 bridgehead atoms. The molecule has 0 aliphatic rings. The molecule has 14 heavy (non-hydrogen) atoms. The number of hydrogen-bond acceptors (Lipinski definition) is 4. The van der Waals surface area contributed by atoms with E-state index in [1.807, 2.05) is 11.4 Å². The van der Waals surface area contributed by atoms with Gasteiger partial charge in [0.15, 0.2) is 0 Å². The lowest BCUT2D eigenvalue weighted by Gasteiger charge is -2.04. The summed E-state index contributed by atoms with van der Waals surface area (Å²) in [6.07, 6.45) is 0. The third-order valence-corrected chi connectivity index (χ3v) is 3.69. The molecular formula is C10H7NOS2. The summed E-state index contributed by atoms with van der Waals surface area (Å²) in [5.74, 6) is 0. The van der Waals surface area contributed by atoms with Crippen LogP contribution < -0.4 is 0 Å². The van der Waals surface area contributed by atoms with Crippen LogP contribution in [0.15, 0.2) is 22.4 Å². The van der Waals surface area contributed by atoms with Gasteiger partial charge in [0, 0.05) is 15.2 Å². The summed E-state index contributed by atoms with van der Waals surface area (Å²) in [6.45, 7) is -0.143. The molecule has 1 N–H and O–H groups in total. The van der Waals surface area contributed by atoms with Crippen molar-refractivity contribution in [3.63, 3.8) is 0 Å². The summed E-state index contributed by atoms with van der Waals surface area (Å²) in [5.41, 5.74) is 1.12. The highest BCUT2D eigenvalue weighted by atomic mass is 32.1. The minimum absolute atomic E-state index is 0.143. The predicted octanol–water partition coefficient (Wildman–Crippen LogP) is 2.55. The van der Waals surface area contributed by atoms with Crippen molar-refractivity contribution in [1.82, 2.24) is 0 Å². The van der Waals surface area contributed by atoms with Crippen LogP contribution >= 0.6 is 24.0 Å². The van der Waals surface area contributed by atoms with Gasteiger partial charge in [-0.05, 0) is 22.9 Å². The number of rotatable bonds is 1. The van der Waals surface area contributed by atoms with Gasteiger partial charge in [0.2, 0.25) is 0 Å². The Kier molecular flexibility index (Phi) is 2.46. The van der Waals surface area contributed by atoms with E-state index in [1.165, 1.54) is 0 Å². The second kappa shape index (κ2) is 3.62. The van der Waals surface area contributed by atoms with Crippen molar-refractivity contribution < 1.29 is 5.11 Å². The fourth-order valence-electron chi connectivity index (χ4n) is 1.39. The molecule has 0 spiro atoms. The lowest BCUT2D eigenvalue weighted by Crippen LogP contribution is -1.91. The summed E-state index contributed by atoms with van der Waals surface area (Å²) in [7, 11) is 0. The third kappa shape index (κ3) is 1.30. The molecule has 0 atom stereocenters. The average Bonchev–Trinajstić information content (AvgIpc) is 2.65.